The van der Waals surface area contributed by atoms with E-state index < -0.39 is 0 Å². The lowest BCUT2D eigenvalue weighted by Gasteiger charge is -2.10. The summed E-state index contributed by atoms with van der Waals surface area (Å²) >= 11 is 4.71. The summed E-state index contributed by atoms with van der Waals surface area (Å²) in [7, 11) is 0. The molecule has 0 saturated carbocycles. The van der Waals surface area contributed by atoms with Gasteiger partial charge in [-0.2, -0.15) is 0 Å². The maximum Gasteiger partial charge on any atom is 0.239 e. The van der Waals surface area contributed by atoms with Crippen molar-refractivity contribution < 1.29 is 9.32 Å². The van der Waals surface area contributed by atoms with E-state index in [0.717, 1.165) is 14.4 Å². The number of carbonyl (C=O) groups excluding carboxylic acids is 1. The van der Waals surface area contributed by atoms with Crippen LogP contribution in [-0.4, -0.2) is 32.3 Å². The summed E-state index contributed by atoms with van der Waals surface area (Å²) in [4.78, 5) is 12.3. The second kappa shape index (κ2) is 9.29. The molecule has 1 N–H and O–H groups in total. The molecular weight excluding hydrogens is 352 g/mol. The molecule has 0 saturated heterocycles. The smallest absolute Gasteiger partial charge is 0.239 e. The lowest BCUT2D eigenvalue weighted by atomic mass is 10.3. The standard InChI is InChI=1S/C14H20N4O2S3/c1-4-6-7-21-13-16-17-14(23-13)22-10(5-2)12(19)15-11-8-9(3)20-18-11/h8,10H,4-7H2,1-3H3,(H,15,18,19). The fourth-order valence-corrected chi connectivity index (χ4v) is 5.02. The van der Waals surface area contributed by atoms with Gasteiger partial charge in [0.05, 0.1) is 5.25 Å². The van der Waals surface area contributed by atoms with Gasteiger partial charge in [-0.3, -0.25) is 4.79 Å². The van der Waals surface area contributed by atoms with Crippen molar-refractivity contribution >= 4 is 46.6 Å². The average molecular weight is 373 g/mol. The predicted molar refractivity (Wildman–Crippen MR) is 95.3 cm³/mol. The number of rotatable bonds is 9. The van der Waals surface area contributed by atoms with Crippen molar-refractivity contribution in [3.05, 3.63) is 11.8 Å². The van der Waals surface area contributed by atoms with Crippen molar-refractivity contribution in [2.45, 2.75) is 54.0 Å². The van der Waals surface area contributed by atoms with Crippen LogP contribution in [0.2, 0.25) is 0 Å². The highest BCUT2D eigenvalue weighted by molar-refractivity contribution is 8.04. The number of nitrogens with one attached hydrogen (secondary N) is 1. The summed E-state index contributed by atoms with van der Waals surface area (Å²) in [5.74, 6) is 2.07. The van der Waals surface area contributed by atoms with E-state index in [4.69, 9.17) is 4.52 Å². The van der Waals surface area contributed by atoms with Gasteiger partial charge in [-0.25, -0.2) is 0 Å². The molecule has 6 nitrogen and oxygen atoms in total. The van der Waals surface area contributed by atoms with E-state index in [9.17, 15) is 4.79 Å². The second-order valence-electron chi connectivity index (χ2n) is 4.86. The van der Waals surface area contributed by atoms with Crippen molar-refractivity contribution in [2.75, 3.05) is 11.1 Å². The Labute approximate surface area is 148 Å². The third-order valence-electron chi connectivity index (χ3n) is 2.90. The van der Waals surface area contributed by atoms with Gasteiger partial charge < -0.3 is 9.84 Å². The fourth-order valence-electron chi connectivity index (χ4n) is 1.68. The lowest BCUT2D eigenvalue weighted by molar-refractivity contribution is -0.115. The number of thioether (sulfide) groups is 2. The molecule has 0 fully saturated rings. The monoisotopic (exact) mass is 372 g/mol. The fraction of sp³-hybridized carbons (Fsp3) is 0.571. The average Bonchev–Trinajstić information content (AvgIpc) is 3.14. The number of unbranched alkanes of at least 4 members (excludes halogenated alkanes) is 1. The Morgan fingerprint density at radius 2 is 2.17 bits per heavy atom. The molecule has 0 spiro atoms. The molecule has 1 unspecified atom stereocenters. The molecule has 1 amide bonds. The molecule has 0 aliphatic heterocycles. The minimum Gasteiger partial charge on any atom is -0.360 e. The van der Waals surface area contributed by atoms with E-state index in [2.05, 4.69) is 27.6 Å². The highest BCUT2D eigenvalue weighted by Crippen LogP contribution is 2.33. The molecule has 23 heavy (non-hydrogen) atoms. The van der Waals surface area contributed by atoms with Crippen LogP contribution in [0.3, 0.4) is 0 Å². The van der Waals surface area contributed by atoms with Gasteiger partial charge in [0.2, 0.25) is 5.91 Å². The summed E-state index contributed by atoms with van der Waals surface area (Å²) in [5.41, 5.74) is 0. The molecule has 2 rings (SSSR count). The number of amides is 1. The maximum absolute atomic E-state index is 12.3. The summed E-state index contributed by atoms with van der Waals surface area (Å²) in [6.07, 6.45) is 3.04. The highest BCUT2D eigenvalue weighted by atomic mass is 32.2. The third-order valence-corrected chi connectivity index (χ3v) is 6.49. The Morgan fingerprint density at radius 3 is 2.83 bits per heavy atom. The molecule has 1 atom stereocenters. The van der Waals surface area contributed by atoms with Crippen LogP contribution < -0.4 is 5.32 Å². The van der Waals surface area contributed by atoms with Crippen molar-refractivity contribution in [1.29, 1.82) is 0 Å². The Hall–Kier alpha value is -1.06. The van der Waals surface area contributed by atoms with Gasteiger partial charge in [-0.15, -0.1) is 10.2 Å². The van der Waals surface area contributed by atoms with E-state index in [1.165, 1.54) is 24.6 Å². The summed E-state index contributed by atoms with van der Waals surface area (Å²) in [5, 5.41) is 14.7. The first-order valence-corrected chi connectivity index (χ1v) is 10.2. The molecule has 0 aliphatic carbocycles. The summed E-state index contributed by atoms with van der Waals surface area (Å²) < 4.78 is 6.74. The number of hydrogen-bond donors (Lipinski definition) is 1. The number of anilines is 1. The highest BCUT2D eigenvalue weighted by Gasteiger charge is 2.21. The van der Waals surface area contributed by atoms with Gasteiger partial charge in [-0.1, -0.05) is 60.3 Å². The van der Waals surface area contributed by atoms with Gasteiger partial charge in [-0.05, 0) is 19.8 Å². The van der Waals surface area contributed by atoms with Gasteiger partial charge in [0, 0.05) is 11.8 Å². The van der Waals surface area contributed by atoms with Crippen LogP contribution >= 0.6 is 34.9 Å². The van der Waals surface area contributed by atoms with Gasteiger partial charge in [0.15, 0.2) is 14.5 Å². The molecule has 2 aromatic rings. The minimum absolute atomic E-state index is 0.0961. The van der Waals surface area contributed by atoms with Crippen LogP contribution in [0.4, 0.5) is 5.82 Å². The quantitative estimate of drug-likeness (QED) is 0.521. The second-order valence-corrected chi connectivity index (χ2v) is 8.63. The Morgan fingerprint density at radius 1 is 1.39 bits per heavy atom. The van der Waals surface area contributed by atoms with Crippen LogP contribution in [0.5, 0.6) is 0 Å². The van der Waals surface area contributed by atoms with E-state index in [1.807, 2.05) is 6.92 Å². The van der Waals surface area contributed by atoms with Crippen molar-refractivity contribution in [1.82, 2.24) is 15.4 Å². The summed E-state index contributed by atoms with van der Waals surface area (Å²) in [6, 6.07) is 1.70. The zero-order chi connectivity index (χ0) is 16.7. The topological polar surface area (TPSA) is 80.9 Å². The van der Waals surface area contributed by atoms with Crippen molar-refractivity contribution in [2.24, 2.45) is 0 Å². The van der Waals surface area contributed by atoms with Crippen LogP contribution in [0.25, 0.3) is 0 Å². The molecule has 2 aromatic heterocycles. The normalized spacial score (nSPS) is 12.3. The molecule has 126 valence electrons. The largest absolute Gasteiger partial charge is 0.360 e. The molecule has 0 radical (unpaired) electrons. The van der Waals surface area contributed by atoms with E-state index >= 15 is 0 Å². The van der Waals surface area contributed by atoms with Crippen LogP contribution in [0, 0.1) is 6.92 Å². The first-order chi connectivity index (χ1) is 11.1. The third kappa shape index (κ3) is 5.82. The Kier molecular flexibility index (Phi) is 7.38. The molecular formula is C14H20N4O2S3. The summed E-state index contributed by atoms with van der Waals surface area (Å²) in [6.45, 7) is 5.93. The van der Waals surface area contributed by atoms with Crippen molar-refractivity contribution in [3.8, 4) is 0 Å². The van der Waals surface area contributed by atoms with E-state index in [0.29, 0.717) is 18.0 Å². The first-order valence-electron chi connectivity index (χ1n) is 7.49. The Bertz CT molecular complexity index is 629. The van der Waals surface area contributed by atoms with Crippen molar-refractivity contribution in [3.63, 3.8) is 0 Å². The first kappa shape index (κ1) is 18.3. The number of nitrogens with zero attached hydrogens (tertiary/aromatic N) is 3. The maximum atomic E-state index is 12.3. The zero-order valence-corrected chi connectivity index (χ0v) is 15.8. The van der Waals surface area contributed by atoms with Crippen LogP contribution in [0.1, 0.15) is 38.9 Å². The van der Waals surface area contributed by atoms with Gasteiger partial charge >= 0.3 is 0 Å². The number of hydrogen-bond acceptors (Lipinski definition) is 8. The van der Waals surface area contributed by atoms with Gasteiger partial charge in [0.1, 0.15) is 5.76 Å². The van der Waals surface area contributed by atoms with Crippen LogP contribution in [-0.2, 0) is 4.79 Å². The van der Waals surface area contributed by atoms with E-state index in [1.54, 1.807) is 36.1 Å². The minimum atomic E-state index is -0.228. The van der Waals surface area contributed by atoms with Gasteiger partial charge in [0.25, 0.3) is 0 Å². The molecule has 9 heteroatoms. The molecule has 0 aliphatic rings. The Balaban J connectivity index is 1.89. The SMILES string of the molecule is CCCCSc1nnc(SC(CC)C(=O)Nc2cc(C)on2)s1. The zero-order valence-electron chi connectivity index (χ0n) is 13.4. The van der Waals surface area contributed by atoms with E-state index in [-0.39, 0.29) is 11.2 Å². The molecule has 0 bridgehead atoms. The lowest BCUT2D eigenvalue weighted by Crippen LogP contribution is -2.24. The number of aryl methyl sites for hydroxylation is 1. The molecule has 0 aromatic carbocycles. The number of carbonyl (C=O) groups is 1. The predicted octanol–water partition coefficient (Wildman–Crippen LogP) is 4.24. The molecule has 2 heterocycles. The van der Waals surface area contributed by atoms with Crippen LogP contribution in [0.15, 0.2) is 19.3 Å². The number of aromatic nitrogens is 3.